The highest BCUT2D eigenvalue weighted by Crippen LogP contribution is 2.28. The predicted octanol–water partition coefficient (Wildman–Crippen LogP) is 2.30. The van der Waals surface area contributed by atoms with Crippen LogP contribution >= 0.6 is 11.3 Å². The SMILES string of the molecule is Cc1ccsc1C=CC(=O)N1CC(O)(C(C)C)C1. The molecule has 1 aliphatic heterocycles. The fourth-order valence-electron chi connectivity index (χ4n) is 1.94. The van der Waals surface area contributed by atoms with Crippen molar-refractivity contribution < 1.29 is 9.90 Å². The van der Waals surface area contributed by atoms with Crippen LogP contribution in [0.3, 0.4) is 0 Å². The summed E-state index contributed by atoms with van der Waals surface area (Å²) in [5, 5.41) is 12.1. The molecule has 1 aromatic heterocycles. The Morgan fingerprint density at radius 1 is 1.56 bits per heavy atom. The molecule has 4 heteroatoms. The van der Waals surface area contributed by atoms with Crippen molar-refractivity contribution in [1.82, 2.24) is 4.90 Å². The lowest BCUT2D eigenvalue weighted by atomic mass is 9.83. The van der Waals surface area contributed by atoms with Crippen molar-refractivity contribution in [3.05, 3.63) is 28.0 Å². The van der Waals surface area contributed by atoms with Gasteiger partial charge >= 0.3 is 0 Å². The predicted molar refractivity (Wildman–Crippen MR) is 74.5 cm³/mol. The minimum atomic E-state index is -0.692. The first-order valence-electron chi connectivity index (χ1n) is 6.16. The molecule has 2 heterocycles. The first-order valence-corrected chi connectivity index (χ1v) is 7.04. The van der Waals surface area contributed by atoms with Gasteiger partial charge in [0.15, 0.2) is 0 Å². The zero-order chi connectivity index (χ0) is 13.3. The molecule has 98 valence electrons. The molecule has 1 aliphatic rings. The molecule has 2 rings (SSSR count). The summed E-state index contributed by atoms with van der Waals surface area (Å²) in [5.74, 6) is 0.165. The second-order valence-electron chi connectivity index (χ2n) is 5.25. The van der Waals surface area contributed by atoms with Crippen LogP contribution in [0.25, 0.3) is 6.08 Å². The fourth-order valence-corrected chi connectivity index (χ4v) is 2.76. The van der Waals surface area contributed by atoms with Gasteiger partial charge < -0.3 is 10.0 Å². The third-order valence-corrected chi connectivity index (χ3v) is 4.58. The third-order valence-electron chi connectivity index (χ3n) is 3.59. The maximum atomic E-state index is 11.9. The summed E-state index contributed by atoms with van der Waals surface area (Å²) in [6, 6.07) is 2.04. The fraction of sp³-hybridized carbons (Fsp3) is 0.500. The van der Waals surface area contributed by atoms with Crippen LogP contribution in [0.15, 0.2) is 17.5 Å². The number of likely N-dealkylation sites (tertiary alicyclic amines) is 1. The number of rotatable bonds is 3. The van der Waals surface area contributed by atoms with E-state index in [0.29, 0.717) is 13.1 Å². The van der Waals surface area contributed by atoms with E-state index in [1.165, 1.54) is 5.56 Å². The zero-order valence-electron chi connectivity index (χ0n) is 11.0. The van der Waals surface area contributed by atoms with Gasteiger partial charge in [-0.05, 0) is 35.9 Å². The quantitative estimate of drug-likeness (QED) is 0.852. The Hall–Kier alpha value is -1.13. The van der Waals surface area contributed by atoms with Gasteiger partial charge in [0.05, 0.1) is 13.1 Å². The Bertz CT molecular complexity index is 470. The van der Waals surface area contributed by atoms with E-state index >= 15 is 0 Å². The average molecular weight is 265 g/mol. The van der Waals surface area contributed by atoms with Crippen molar-refractivity contribution in [2.24, 2.45) is 5.92 Å². The monoisotopic (exact) mass is 265 g/mol. The lowest BCUT2D eigenvalue weighted by molar-refractivity contribution is -0.158. The third kappa shape index (κ3) is 2.49. The van der Waals surface area contributed by atoms with E-state index in [9.17, 15) is 9.90 Å². The summed E-state index contributed by atoms with van der Waals surface area (Å²) in [6.45, 7) is 6.87. The van der Waals surface area contributed by atoms with Gasteiger partial charge in [-0.3, -0.25) is 4.79 Å². The lowest BCUT2D eigenvalue weighted by Crippen LogP contribution is -2.65. The molecule has 1 amide bonds. The Balaban J connectivity index is 1.92. The molecule has 18 heavy (non-hydrogen) atoms. The Kier molecular flexibility index (Phi) is 3.59. The number of aryl methyl sites for hydroxylation is 1. The average Bonchev–Trinajstić information content (AvgIpc) is 2.67. The number of thiophene rings is 1. The van der Waals surface area contributed by atoms with E-state index in [0.717, 1.165) is 4.88 Å². The number of carbonyl (C=O) groups is 1. The number of nitrogens with zero attached hydrogens (tertiary/aromatic N) is 1. The summed E-state index contributed by atoms with van der Waals surface area (Å²) >= 11 is 1.63. The smallest absolute Gasteiger partial charge is 0.246 e. The maximum Gasteiger partial charge on any atom is 0.246 e. The van der Waals surface area contributed by atoms with Crippen molar-refractivity contribution in [2.75, 3.05) is 13.1 Å². The van der Waals surface area contributed by atoms with Gasteiger partial charge in [-0.2, -0.15) is 0 Å². The normalized spacial score (nSPS) is 18.4. The molecule has 0 atom stereocenters. The molecule has 0 bridgehead atoms. The van der Waals surface area contributed by atoms with Gasteiger partial charge in [0.2, 0.25) is 5.91 Å². The van der Waals surface area contributed by atoms with Gasteiger partial charge in [-0.1, -0.05) is 13.8 Å². The van der Waals surface area contributed by atoms with E-state index in [2.05, 4.69) is 0 Å². The molecule has 3 nitrogen and oxygen atoms in total. The highest BCUT2D eigenvalue weighted by molar-refractivity contribution is 7.11. The van der Waals surface area contributed by atoms with E-state index in [1.54, 1.807) is 22.3 Å². The van der Waals surface area contributed by atoms with Gasteiger partial charge in [-0.25, -0.2) is 0 Å². The molecule has 0 spiro atoms. The molecular formula is C14H19NO2S. The second-order valence-corrected chi connectivity index (χ2v) is 6.20. The van der Waals surface area contributed by atoms with Crippen molar-refractivity contribution in [3.8, 4) is 0 Å². The first-order chi connectivity index (χ1) is 8.42. The first kappa shape index (κ1) is 13.3. The van der Waals surface area contributed by atoms with Crippen LogP contribution in [0.1, 0.15) is 24.3 Å². The van der Waals surface area contributed by atoms with Gasteiger partial charge in [0.1, 0.15) is 5.60 Å². The van der Waals surface area contributed by atoms with Crippen LogP contribution in [0.4, 0.5) is 0 Å². The molecule has 0 radical (unpaired) electrons. The molecule has 1 saturated heterocycles. The van der Waals surface area contributed by atoms with E-state index in [1.807, 2.05) is 38.3 Å². The summed E-state index contributed by atoms with van der Waals surface area (Å²) in [7, 11) is 0. The number of β-amino-alcohol motifs (C(OH)–C–C–N with tert-alkyl or cyclic N) is 1. The molecule has 1 N–H and O–H groups in total. The van der Waals surface area contributed by atoms with Crippen LogP contribution in [-0.4, -0.2) is 34.6 Å². The van der Waals surface area contributed by atoms with Crippen LogP contribution < -0.4 is 0 Å². The number of hydrogen-bond acceptors (Lipinski definition) is 3. The van der Waals surface area contributed by atoms with Crippen molar-refractivity contribution in [2.45, 2.75) is 26.4 Å². The second kappa shape index (κ2) is 4.86. The minimum absolute atomic E-state index is 0.0203. The standard InChI is InChI=1S/C14H19NO2S/c1-10(2)14(17)8-15(9-14)13(16)5-4-12-11(3)6-7-18-12/h4-7,10,17H,8-9H2,1-3H3. The lowest BCUT2D eigenvalue weighted by Gasteiger charge is -2.48. The molecule has 0 aliphatic carbocycles. The van der Waals surface area contributed by atoms with Crippen LogP contribution in [0.2, 0.25) is 0 Å². The van der Waals surface area contributed by atoms with E-state index < -0.39 is 5.60 Å². The Labute approximate surface area is 112 Å². The van der Waals surface area contributed by atoms with E-state index in [-0.39, 0.29) is 11.8 Å². The van der Waals surface area contributed by atoms with Crippen LogP contribution in [0.5, 0.6) is 0 Å². The number of aliphatic hydroxyl groups is 1. The largest absolute Gasteiger partial charge is 0.386 e. The van der Waals surface area contributed by atoms with Gasteiger partial charge in [-0.15, -0.1) is 11.3 Å². The Morgan fingerprint density at radius 2 is 2.22 bits per heavy atom. The van der Waals surface area contributed by atoms with E-state index in [4.69, 9.17) is 0 Å². The highest BCUT2D eigenvalue weighted by Gasteiger charge is 2.45. The molecule has 0 saturated carbocycles. The summed E-state index contributed by atoms with van der Waals surface area (Å²) in [4.78, 5) is 14.7. The molecular weight excluding hydrogens is 246 g/mol. The highest BCUT2D eigenvalue weighted by atomic mass is 32.1. The number of carbonyl (C=O) groups excluding carboxylic acids is 1. The number of hydrogen-bond donors (Lipinski definition) is 1. The van der Waals surface area contributed by atoms with Gasteiger partial charge in [0, 0.05) is 11.0 Å². The van der Waals surface area contributed by atoms with Crippen LogP contribution in [0, 0.1) is 12.8 Å². The summed E-state index contributed by atoms with van der Waals surface area (Å²) < 4.78 is 0. The molecule has 1 aromatic rings. The van der Waals surface area contributed by atoms with Crippen molar-refractivity contribution in [1.29, 1.82) is 0 Å². The molecule has 1 fully saturated rings. The van der Waals surface area contributed by atoms with Crippen molar-refractivity contribution in [3.63, 3.8) is 0 Å². The Morgan fingerprint density at radius 3 is 2.72 bits per heavy atom. The summed E-state index contributed by atoms with van der Waals surface area (Å²) in [6.07, 6.45) is 3.45. The minimum Gasteiger partial charge on any atom is -0.386 e. The summed E-state index contributed by atoms with van der Waals surface area (Å²) in [5.41, 5.74) is 0.494. The zero-order valence-corrected chi connectivity index (χ0v) is 11.8. The van der Waals surface area contributed by atoms with Gasteiger partial charge in [0.25, 0.3) is 0 Å². The topological polar surface area (TPSA) is 40.5 Å². The van der Waals surface area contributed by atoms with Crippen LogP contribution in [-0.2, 0) is 4.79 Å². The maximum absolute atomic E-state index is 11.9. The number of amides is 1. The molecule has 0 unspecified atom stereocenters. The molecule has 0 aromatic carbocycles. The van der Waals surface area contributed by atoms with Crippen molar-refractivity contribution >= 4 is 23.3 Å².